The topological polar surface area (TPSA) is 237 Å². The minimum Gasteiger partial charge on any atom is -0.462 e. The van der Waals surface area contributed by atoms with E-state index in [1.165, 1.54) is 0 Å². The molecule has 0 aliphatic heterocycles. The minimum atomic E-state index is -5.03. The fraction of sp³-hybridized carbons (Fsp3) is 0.551. The number of phosphoric acid groups is 2. The van der Waals surface area contributed by atoms with Crippen LogP contribution in [0, 0.1) is 0 Å². The molecule has 19 heteroatoms. The Morgan fingerprint density at radius 2 is 0.500 bits per heavy atom. The number of carbonyl (C=O) groups is 4. The van der Waals surface area contributed by atoms with Crippen molar-refractivity contribution in [1.82, 2.24) is 0 Å². The average molecular weight is 1540 g/mol. The van der Waals surface area contributed by atoms with Gasteiger partial charge >= 0.3 is 39.5 Å². The second-order valence-corrected chi connectivity index (χ2v) is 28.4. The lowest BCUT2D eigenvalue weighted by atomic mass is 10.1. The highest BCUT2D eigenvalue weighted by atomic mass is 31.2. The van der Waals surface area contributed by atoms with E-state index in [-0.39, 0.29) is 25.7 Å². The minimum absolute atomic E-state index is 0.0422. The summed E-state index contributed by atoms with van der Waals surface area (Å²) >= 11 is 0. The summed E-state index contributed by atoms with van der Waals surface area (Å²) < 4.78 is 68.4. The Bertz CT molecular complexity index is 2910. The summed E-state index contributed by atoms with van der Waals surface area (Å²) in [5.41, 5.74) is 0. The van der Waals surface area contributed by atoms with Gasteiger partial charge in [-0.15, -0.1) is 0 Å². The number of rotatable bonds is 72. The van der Waals surface area contributed by atoms with Gasteiger partial charge in [-0.05, 0) is 167 Å². The molecular weight excluding hydrogens is 1400 g/mol. The van der Waals surface area contributed by atoms with Gasteiger partial charge in [-0.2, -0.15) is 0 Å². The molecule has 0 rings (SSSR count). The van der Waals surface area contributed by atoms with E-state index < -0.39 is 97.5 Å². The Morgan fingerprint density at radius 3 is 0.815 bits per heavy atom. The van der Waals surface area contributed by atoms with Crippen LogP contribution in [-0.2, 0) is 65.4 Å². The van der Waals surface area contributed by atoms with Crippen LogP contribution < -0.4 is 0 Å². The zero-order valence-corrected chi connectivity index (χ0v) is 68.0. The first-order chi connectivity index (χ1) is 52.7. The quantitative estimate of drug-likeness (QED) is 0.0169. The number of phosphoric ester groups is 2. The number of aliphatic hydroxyl groups excluding tert-OH is 1. The van der Waals surface area contributed by atoms with Crippen molar-refractivity contribution in [2.24, 2.45) is 0 Å². The van der Waals surface area contributed by atoms with Crippen LogP contribution >= 0.6 is 15.6 Å². The van der Waals surface area contributed by atoms with Crippen LogP contribution in [-0.4, -0.2) is 96.7 Å². The van der Waals surface area contributed by atoms with E-state index in [9.17, 15) is 43.2 Å². The van der Waals surface area contributed by atoms with Crippen molar-refractivity contribution in [2.45, 2.75) is 277 Å². The van der Waals surface area contributed by atoms with E-state index in [2.05, 4.69) is 210 Å². The Kier molecular flexibility index (Phi) is 73.7. The molecule has 0 radical (unpaired) electrons. The molecule has 17 nitrogen and oxygen atoms in total. The first kappa shape index (κ1) is 101. The molecule has 0 bridgehead atoms. The number of ether oxygens (including phenoxy) is 4. The summed E-state index contributed by atoms with van der Waals surface area (Å²) in [6, 6.07) is 0. The highest BCUT2D eigenvalue weighted by molar-refractivity contribution is 7.47. The monoisotopic (exact) mass is 1540 g/mol. The van der Waals surface area contributed by atoms with Gasteiger partial charge in [0.15, 0.2) is 12.2 Å². The molecule has 5 unspecified atom stereocenters. The van der Waals surface area contributed by atoms with Crippen LogP contribution in [0.2, 0.25) is 0 Å². The lowest BCUT2D eigenvalue weighted by Crippen LogP contribution is -2.30. The summed E-state index contributed by atoms with van der Waals surface area (Å²) in [5, 5.41) is 10.6. The van der Waals surface area contributed by atoms with Gasteiger partial charge in [0.1, 0.15) is 19.3 Å². The molecular formula is C89H138O17P2. The molecule has 0 saturated carbocycles. The summed E-state index contributed by atoms with van der Waals surface area (Å²) in [7, 11) is -10.0. The molecule has 3 N–H and O–H groups in total. The second-order valence-electron chi connectivity index (χ2n) is 25.5. The molecule has 0 aliphatic carbocycles. The zero-order chi connectivity index (χ0) is 78.9. The summed E-state index contributed by atoms with van der Waals surface area (Å²) in [6.45, 7) is 4.15. The first-order valence-electron chi connectivity index (χ1n) is 40.0. The maximum atomic E-state index is 13.1. The molecule has 606 valence electrons. The van der Waals surface area contributed by atoms with Crippen LogP contribution in [0.5, 0.6) is 0 Å². The van der Waals surface area contributed by atoms with Crippen LogP contribution in [0.25, 0.3) is 0 Å². The Labute approximate surface area is 651 Å². The highest BCUT2D eigenvalue weighted by Gasteiger charge is 2.30. The summed E-state index contributed by atoms with van der Waals surface area (Å²) in [5.74, 6) is -2.46. The predicted octanol–water partition coefficient (Wildman–Crippen LogP) is 23.7. The van der Waals surface area contributed by atoms with Gasteiger partial charge in [0, 0.05) is 19.3 Å². The van der Waals surface area contributed by atoms with Gasteiger partial charge in [0.2, 0.25) is 0 Å². The van der Waals surface area contributed by atoms with Crippen LogP contribution in [0.15, 0.2) is 219 Å². The van der Waals surface area contributed by atoms with Crippen molar-refractivity contribution in [3.05, 3.63) is 219 Å². The van der Waals surface area contributed by atoms with Crippen LogP contribution in [0.3, 0.4) is 0 Å². The fourth-order valence-electron chi connectivity index (χ4n) is 9.55. The number of carbonyl (C=O) groups excluding carboxylic acids is 4. The van der Waals surface area contributed by atoms with Crippen molar-refractivity contribution in [1.29, 1.82) is 0 Å². The molecule has 0 amide bonds. The van der Waals surface area contributed by atoms with Gasteiger partial charge in [0.05, 0.1) is 32.8 Å². The molecule has 0 aliphatic rings. The first-order valence-corrected chi connectivity index (χ1v) is 43.0. The van der Waals surface area contributed by atoms with Crippen LogP contribution in [0.1, 0.15) is 259 Å². The highest BCUT2D eigenvalue weighted by Crippen LogP contribution is 2.45. The Morgan fingerprint density at radius 1 is 0.269 bits per heavy atom. The summed E-state index contributed by atoms with van der Waals surface area (Å²) in [6.07, 6.45) is 99.6. The molecule has 0 aromatic heterocycles. The van der Waals surface area contributed by atoms with Crippen molar-refractivity contribution in [3.8, 4) is 0 Å². The Hall–Kier alpha value is -6.62. The lowest BCUT2D eigenvalue weighted by Gasteiger charge is -2.21. The van der Waals surface area contributed by atoms with Gasteiger partial charge in [-0.1, -0.05) is 285 Å². The number of esters is 4. The molecule has 0 aromatic carbocycles. The van der Waals surface area contributed by atoms with Crippen LogP contribution in [0.4, 0.5) is 0 Å². The number of hydrogen-bond donors (Lipinski definition) is 3. The van der Waals surface area contributed by atoms with Gasteiger partial charge in [0.25, 0.3) is 0 Å². The van der Waals surface area contributed by atoms with E-state index in [0.29, 0.717) is 32.1 Å². The third-order valence-corrected chi connectivity index (χ3v) is 17.4. The largest absolute Gasteiger partial charge is 0.472 e. The predicted molar refractivity (Wildman–Crippen MR) is 445 cm³/mol. The van der Waals surface area contributed by atoms with E-state index in [0.717, 1.165) is 173 Å². The molecule has 0 aromatic rings. The van der Waals surface area contributed by atoms with Crippen molar-refractivity contribution < 1.29 is 80.2 Å². The number of aliphatic hydroxyl groups is 1. The van der Waals surface area contributed by atoms with Gasteiger partial charge in [-0.25, -0.2) is 9.13 Å². The van der Waals surface area contributed by atoms with Crippen molar-refractivity contribution in [2.75, 3.05) is 39.6 Å². The molecule has 0 fully saturated rings. The molecule has 5 atom stereocenters. The maximum absolute atomic E-state index is 13.1. The smallest absolute Gasteiger partial charge is 0.462 e. The zero-order valence-electron chi connectivity index (χ0n) is 66.2. The molecule has 0 saturated heterocycles. The second kappa shape index (κ2) is 78.5. The van der Waals surface area contributed by atoms with E-state index in [1.54, 1.807) is 12.2 Å². The van der Waals surface area contributed by atoms with Crippen molar-refractivity contribution in [3.63, 3.8) is 0 Å². The SMILES string of the molecule is CC/C=C\C/C=C\C/C=C\C/C=C\C/C=C\CCCC(=O)OCC(COP(=O)(O)OCC(O)COP(=O)(O)OCC(COC(=O)CCCCCCCC/C=C\C/C=C\C/C=C\C/C=C\CC)OC(=O)C/C=C\C/C=C\C/C=C\C/C=C\C/C=C\CC)OC(=O)CCCCCC/C=C\C/C=C\C/C=C\C/C=C\CC. The summed E-state index contributed by atoms with van der Waals surface area (Å²) in [4.78, 5) is 73.0. The average Bonchev–Trinajstić information content (AvgIpc) is 0.901. The van der Waals surface area contributed by atoms with E-state index >= 15 is 0 Å². The number of unbranched alkanes of at least 4 members (excludes halogenated alkanes) is 11. The molecule has 108 heavy (non-hydrogen) atoms. The van der Waals surface area contributed by atoms with Crippen molar-refractivity contribution >= 4 is 39.5 Å². The lowest BCUT2D eigenvalue weighted by molar-refractivity contribution is -0.161. The van der Waals surface area contributed by atoms with Gasteiger partial charge < -0.3 is 33.8 Å². The van der Waals surface area contributed by atoms with E-state index in [1.807, 2.05) is 24.3 Å². The normalized spacial score (nSPS) is 15.0. The van der Waals surface area contributed by atoms with Gasteiger partial charge in [-0.3, -0.25) is 37.3 Å². The molecule has 0 spiro atoms. The standard InChI is InChI=1S/C89H138O17P2/c1-5-9-13-17-21-25-29-33-37-40-41-44-47-50-54-58-62-66-70-74-87(92)100-79-84(105-88(93)75-71-67-63-59-55-51-45-36-32-28-24-20-16-12-8-4)81-103-107(95,96)101-77-83(90)78-102-108(97,98)104-82-85(106-89(94)76-72-68-64-60-56-52-48-43-39-35-31-27-23-19-15-11-7-3)80-99-86(91)73-69-65-61-57-53-49-46-42-38-34-30-26-22-18-14-10-6-2/h9-16,21-28,33-39,41,44-46,48-49,52,55,57,59,61,67,71,83-85,90H,5-8,17-20,29-32,40,42-43,47,50-51,53-54,56,58,60,62-66,68-70,72-82H2,1-4H3,(H,95,96)(H,97,98)/b13-9-,14-10-,15-11-,16-12-,25-21-,26-22-,27-23-,28-24-,37-33-,38-34-,39-35-,44-41-,45-36-,49-46-,52-48-,59-55-,61-57-,71-67-. The fourth-order valence-corrected chi connectivity index (χ4v) is 11.1. The number of allylic oxidation sites excluding steroid dienone is 35. The Balaban J connectivity index is 5.55. The third-order valence-electron chi connectivity index (χ3n) is 15.5. The maximum Gasteiger partial charge on any atom is 0.472 e. The molecule has 0 heterocycles. The van der Waals surface area contributed by atoms with E-state index in [4.69, 9.17) is 37.0 Å². The number of hydrogen-bond acceptors (Lipinski definition) is 15. The third kappa shape index (κ3) is 77.5.